The first-order chi connectivity index (χ1) is 15.5. The fourth-order valence-corrected chi connectivity index (χ4v) is 6.30. The van der Waals surface area contributed by atoms with Gasteiger partial charge in [0.2, 0.25) is 9.84 Å². The van der Waals surface area contributed by atoms with Gasteiger partial charge in [-0.05, 0) is 49.2 Å². The molecular weight excluding hydrogens is 448 g/mol. The van der Waals surface area contributed by atoms with E-state index in [1.165, 1.54) is 23.6 Å². The number of nitrogens with zero attached hydrogens (tertiary/aromatic N) is 3. The van der Waals surface area contributed by atoms with E-state index in [0.717, 1.165) is 36.3 Å². The predicted molar refractivity (Wildman–Crippen MR) is 121 cm³/mol. The van der Waals surface area contributed by atoms with Gasteiger partial charge in [-0.3, -0.25) is 14.8 Å². The van der Waals surface area contributed by atoms with Crippen LogP contribution in [0.15, 0.2) is 68.5 Å². The van der Waals surface area contributed by atoms with Crippen LogP contribution in [0.3, 0.4) is 0 Å². The summed E-state index contributed by atoms with van der Waals surface area (Å²) in [5.41, 5.74) is 1.07. The van der Waals surface area contributed by atoms with Gasteiger partial charge in [0.1, 0.15) is 4.21 Å². The van der Waals surface area contributed by atoms with E-state index in [9.17, 15) is 13.2 Å². The van der Waals surface area contributed by atoms with Crippen molar-refractivity contribution in [3.63, 3.8) is 0 Å². The van der Waals surface area contributed by atoms with Crippen molar-refractivity contribution in [3.05, 3.63) is 66.4 Å². The minimum atomic E-state index is -3.63. The number of aromatic nitrogens is 2. The van der Waals surface area contributed by atoms with Gasteiger partial charge in [-0.1, -0.05) is 0 Å². The van der Waals surface area contributed by atoms with Crippen LogP contribution in [0.4, 0.5) is 5.00 Å². The zero-order chi connectivity index (χ0) is 22.1. The quantitative estimate of drug-likeness (QED) is 0.460. The molecule has 0 bridgehead atoms. The number of amides is 1. The van der Waals surface area contributed by atoms with Gasteiger partial charge in [-0.25, -0.2) is 8.42 Å². The van der Waals surface area contributed by atoms with Crippen LogP contribution in [0.5, 0.6) is 0 Å². The number of fused-ring (bicyclic) bond motifs is 1. The Morgan fingerprint density at radius 3 is 2.72 bits per heavy atom. The Bertz CT molecular complexity index is 1340. The van der Waals surface area contributed by atoms with Gasteiger partial charge in [0.25, 0.3) is 5.91 Å². The highest BCUT2D eigenvalue weighted by Gasteiger charge is 2.23. The molecule has 0 atom stereocenters. The molecule has 1 amide bonds. The summed E-state index contributed by atoms with van der Waals surface area (Å²) in [5, 5.41) is 4.50. The molecule has 10 heteroatoms. The molecule has 8 nitrogen and oxygen atoms in total. The highest BCUT2D eigenvalue weighted by molar-refractivity contribution is 7.93. The lowest BCUT2D eigenvalue weighted by atomic mass is 10.3. The molecule has 0 radical (unpaired) electrons. The number of hydrogen-bond acceptors (Lipinski definition) is 8. The SMILES string of the molecule is O=C(NCc1ccc(S(=O)(=O)c2ccc(N3CCCC3)s2)cn1)c1cc2ccncc2o1. The largest absolute Gasteiger partial charge is 0.449 e. The Morgan fingerprint density at radius 1 is 1.12 bits per heavy atom. The average Bonchev–Trinajstić information content (AvgIpc) is 3.57. The number of hydrogen-bond donors (Lipinski definition) is 1. The van der Waals surface area contributed by atoms with Gasteiger partial charge in [0.15, 0.2) is 11.3 Å². The summed E-state index contributed by atoms with van der Waals surface area (Å²) in [6, 6.07) is 10.1. The average molecular weight is 469 g/mol. The maximum absolute atomic E-state index is 13.0. The standard InChI is InChI=1S/C22H20N4O4S2/c27-22(18-11-15-7-8-23-14-19(15)30-18)25-12-16-3-4-17(13-24-16)32(28,29)21-6-5-20(31-21)26-9-1-2-10-26/h3-8,11,13-14H,1-2,9-10,12H2,(H,25,27). The Balaban J connectivity index is 1.25. The topological polar surface area (TPSA) is 105 Å². The van der Waals surface area contributed by atoms with E-state index in [-0.39, 0.29) is 23.1 Å². The number of anilines is 1. The van der Waals surface area contributed by atoms with Crippen LogP contribution < -0.4 is 10.2 Å². The first kappa shape index (κ1) is 20.7. The van der Waals surface area contributed by atoms with E-state index in [1.54, 1.807) is 36.7 Å². The van der Waals surface area contributed by atoms with Gasteiger partial charge < -0.3 is 14.6 Å². The highest BCUT2D eigenvalue weighted by atomic mass is 32.2. The zero-order valence-electron chi connectivity index (χ0n) is 17.0. The first-order valence-electron chi connectivity index (χ1n) is 10.2. The fourth-order valence-electron chi connectivity index (χ4n) is 3.61. The zero-order valence-corrected chi connectivity index (χ0v) is 18.7. The summed E-state index contributed by atoms with van der Waals surface area (Å²) >= 11 is 1.29. The number of pyridine rings is 2. The third kappa shape index (κ3) is 3.98. The number of thiophene rings is 1. The normalized spacial score (nSPS) is 14.2. The number of carbonyl (C=O) groups excluding carboxylic acids is 1. The van der Waals surface area contributed by atoms with Crippen molar-refractivity contribution in [2.24, 2.45) is 0 Å². The van der Waals surface area contributed by atoms with E-state index in [0.29, 0.717) is 15.5 Å². The second-order valence-corrected chi connectivity index (χ2v) is 10.7. The molecule has 4 aromatic heterocycles. The number of nitrogens with one attached hydrogen (secondary N) is 1. The first-order valence-corrected chi connectivity index (χ1v) is 12.5. The second kappa shape index (κ2) is 8.36. The molecule has 32 heavy (non-hydrogen) atoms. The van der Waals surface area contributed by atoms with Crippen molar-refractivity contribution in [2.45, 2.75) is 28.5 Å². The maximum atomic E-state index is 13.0. The van der Waals surface area contributed by atoms with Crippen LogP contribution in [-0.4, -0.2) is 37.4 Å². The Kier molecular flexibility index (Phi) is 5.40. The van der Waals surface area contributed by atoms with Gasteiger partial charge in [-0.15, -0.1) is 11.3 Å². The molecule has 0 aliphatic carbocycles. The van der Waals surface area contributed by atoms with E-state index < -0.39 is 9.84 Å². The monoisotopic (exact) mass is 468 g/mol. The predicted octanol–water partition coefficient (Wildman–Crippen LogP) is 3.65. The highest BCUT2D eigenvalue weighted by Crippen LogP contribution is 2.34. The van der Waals surface area contributed by atoms with E-state index in [4.69, 9.17) is 4.42 Å². The molecule has 0 saturated carbocycles. The van der Waals surface area contributed by atoms with Crippen molar-refractivity contribution < 1.29 is 17.6 Å². The second-order valence-electron chi connectivity index (χ2n) is 7.48. The van der Waals surface area contributed by atoms with Crippen molar-refractivity contribution in [2.75, 3.05) is 18.0 Å². The van der Waals surface area contributed by atoms with Crippen molar-refractivity contribution in [1.82, 2.24) is 15.3 Å². The molecule has 1 N–H and O–H groups in total. The summed E-state index contributed by atoms with van der Waals surface area (Å²) < 4.78 is 31.7. The summed E-state index contributed by atoms with van der Waals surface area (Å²) in [6.07, 6.45) is 6.78. The third-order valence-electron chi connectivity index (χ3n) is 5.33. The Hall–Kier alpha value is -3.24. The number of furan rings is 1. The van der Waals surface area contributed by atoms with Crippen molar-refractivity contribution in [1.29, 1.82) is 0 Å². The molecule has 4 aromatic rings. The molecule has 1 aliphatic heterocycles. The van der Waals surface area contributed by atoms with Gasteiger partial charge in [0.05, 0.1) is 28.3 Å². The summed E-state index contributed by atoms with van der Waals surface area (Å²) in [4.78, 5) is 22.9. The number of sulfone groups is 1. The maximum Gasteiger partial charge on any atom is 0.287 e. The van der Waals surface area contributed by atoms with E-state index in [2.05, 4.69) is 20.2 Å². The minimum absolute atomic E-state index is 0.132. The van der Waals surface area contributed by atoms with Gasteiger partial charge >= 0.3 is 0 Å². The van der Waals surface area contributed by atoms with Gasteiger partial charge in [-0.2, -0.15) is 0 Å². The van der Waals surface area contributed by atoms with Crippen molar-refractivity contribution in [3.8, 4) is 0 Å². The number of carbonyl (C=O) groups is 1. The van der Waals surface area contributed by atoms with Crippen LogP contribution >= 0.6 is 11.3 Å². The molecule has 0 aromatic carbocycles. The Morgan fingerprint density at radius 2 is 1.97 bits per heavy atom. The molecule has 5 rings (SSSR count). The van der Waals surface area contributed by atoms with Crippen LogP contribution in [0.1, 0.15) is 29.1 Å². The van der Waals surface area contributed by atoms with Crippen LogP contribution in [-0.2, 0) is 16.4 Å². The van der Waals surface area contributed by atoms with E-state index in [1.807, 2.05) is 6.07 Å². The molecule has 164 valence electrons. The molecule has 0 spiro atoms. The lowest BCUT2D eigenvalue weighted by Crippen LogP contribution is -2.22. The van der Waals surface area contributed by atoms with Crippen LogP contribution in [0, 0.1) is 0 Å². The molecular formula is C22H20N4O4S2. The summed E-state index contributed by atoms with van der Waals surface area (Å²) in [7, 11) is -3.63. The van der Waals surface area contributed by atoms with E-state index >= 15 is 0 Å². The number of rotatable bonds is 6. The smallest absolute Gasteiger partial charge is 0.287 e. The fraction of sp³-hybridized carbons (Fsp3) is 0.227. The van der Waals surface area contributed by atoms with Crippen molar-refractivity contribution >= 4 is 43.1 Å². The minimum Gasteiger partial charge on any atom is -0.449 e. The molecule has 0 unspecified atom stereocenters. The van der Waals surface area contributed by atoms with Crippen LogP contribution in [0.25, 0.3) is 11.0 Å². The Labute approximate surface area is 188 Å². The molecule has 5 heterocycles. The summed E-state index contributed by atoms with van der Waals surface area (Å²) in [5.74, 6) is -0.202. The van der Waals surface area contributed by atoms with Gasteiger partial charge in [0, 0.05) is 30.9 Å². The molecule has 1 fully saturated rings. The summed E-state index contributed by atoms with van der Waals surface area (Å²) in [6.45, 7) is 2.08. The lowest BCUT2D eigenvalue weighted by Gasteiger charge is -2.13. The lowest BCUT2D eigenvalue weighted by molar-refractivity contribution is 0.0925. The van der Waals surface area contributed by atoms with Crippen LogP contribution in [0.2, 0.25) is 0 Å². The molecule has 1 saturated heterocycles. The third-order valence-corrected chi connectivity index (χ3v) is 8.71. The molecule has 1 aliphatic rings.